The first-order chi connectivity index (χ1) is 10.3. The van der Waals surface area contributed by atoms with E-state index in [1.807, 2.05) is 32.9 Å². The topological polar surface area (TPSA) is 73.6 Å². The van der Waals surface area contributed by atoms with Gasteiger partial charge in [-0.05, 0) is 38.5 Å². The quantitative estimate of drug-likeness (QED) is 0.911. The van der Waals surface area contributed by atoms with Crippen LogP contribution in [0.25, 0.3) is 0 Å². The van der Waals surface area contributed by atoms with Gasteiger partial charge in [-0.25, -0.2) is 4.79 Å². The Kier molecular flexibility index (Phi) is 4.72. The first kappa shape index (κ1) is 16.3. The van der Waals surface area contributed by atoms with Crippen LogP contribution in [0.15, 0.2) is 24.3 Å². The third-order valence-electron chi connectivity index (χ3n) is 3.80. The fraction of sp³-hybridized carbons (Fsp3) is 0.529. The van der Waals surface area contributed by atoms with Crippen molar-refractivity contribution >= 4 is 6.09 Å². The third kappa shape index (κ3) is 3.77. The molecule has 1 N–H and O–H groups in total. The van der Waals surface area contributed by atoms with Crippen molar-refractivity contribution < 1.29 is 14.6 Å². The number of aliphatic hydroxyl groups excluding tert-OH is 1. The summed E-state index contributed by atoms with van der Waals surface area (Å²) in [7, 11) is 0. The van der Waals surface area contributed by atoms with Crippen molar-refractivity contribution in [2.75, 3.05) is 19.7 Å². The minimum atomic E-state index is -0.529. The van der Waals surface area contributed by atoms with E-state index in [0.717, 1.165) is 5.56 Å². The van der Waals surface area contributed by atoms with Gasteiger partial charge in [-0.2, -0.15) is 5.26 Å². The molecule has 1 heterocycles. The minimum Gasteiger partial charge on any atom is -0.444 e. The van der Waals surface area contributed by atoms with E-state index >= 15 is 0 Å². The van der Waals surface area contributed by atoms with Gasteiger partial charge >= 0.3 is 6.09 Å². The predicted molar refractivity (Wildman–Crippen MR) is 82.3 cm³/mol. The number of amides is 1. The summed E-state index contributed by atoms with van der Waals surface area (Å²) < 4.78 is 5.40. The normalized spacial score (nSPS) is 21.5. The Morgan fingerprint density at radius 1 is 1.36 bits per heavy atom. The predicted octanol–water partition coefficient (Wildman–Crippen LogP) is 2.50. The number of hydrogen-bond acceptors (Lipinski definition) is 4. The number of benzene rings is 1. The number of rotatable bonds is 2. The van der Waals surface area contributed by atoms with E-state index in [1.165, 1.54) is 0 Å². The molecule has 1 fully saturated rings. The Morgan fingerprint density at radius 3 is 2.50 bits per heavy atom. The van der Waals surface area contributed by atoms with Crippen molar-refractivity contribution in [3.8, 4) is 6.07 Å². The maximum atomic E-state index is 12.2. The van der Waals surface area contributed by atoms with Gasteiger partial charge in [-0.15, -0.1) is 0 Å². The lowest BCUT2D eigenvalue weighted by atomic mass is 9.89. The molecule has 1 amide bonds. The molecule has 0 spiro atoms. The minimum absolute atomic E-state index is 0.0135. The van der Waals surface area contributed by atoms with Crippen LogP contribution in [0.4, 0.5) is 4.79 Å². The average Bonchev–Trinajstić information content (AvgIpc) is 2.90. The highest BCUT2D eigenvalue weighted by Crippen LogP contribution is 2.33. The largest absolute Gasteiger partial charge is 0.444 e. The lowest BCUT2D eigenvalue weighted by Crippen LogP contribution is -2.35. The summed E-state index contributed by atoms with van der Waals surface area (Å²) in [5.41, 5.74) is 1.11. The van der Waals surface area contributed by atoms with Gasteiger partial charge in [0.05, 0.1) is 11.6 Å². The van der Waals surface area contributed by atoms with Crippen LogP contribution >= 0.6 is 0 Å². The number of ether oxygens (including phenoxy) is 1. The molecule has 2 atom stereocenters. The molecule has 5 heteroatoms. The van der Waals surface area contributed by atoms with Crippen molar-refractivity contribution in [3.05, 3.63) is 35.4 Å². The molecule has 1 aliphatic rings. The lowest BCUT2D eigenvalue weighted by molar-refractivity contribution is 0.0283. The number of carbonyl (C=O) groups excluding carboxylic acids is 1. The van der Waals surface area contributed by atoms with E-state index in [1.54, 1.807) is 17.0 Å². The zero-order valence-electron chi connectivity index (χ0n) is 13.2. The molecule has 0 unspecified atom stereocenters. The van der Waals surface area contributed by atoms with Gasteiger partial charge in [-0.1, -0.05) is 12.1 Å². The molecule has 1 aromatic carbocycles. The summed E-state index contributed by atoms with van der Waals surface area (Å²) in [6.07, 6.45) is -0.345. The molecule has 118 valence electrons. The number of likely N-dealkylation sites (tertiary alicyclic amines) is 1. The van der Waals surface area contributed by atoms with Crippen LogP contribution in [0, 0.1) is 17.2 Å². The monoisotopic (exact) mass is 302 g/mol. The molecule has 0 aliphatic carbocycles. The second kappa shape index (κ2) is 6.37. The van der Waals surface area contributed by atoms with Gasteiger partial charge in [0.15, 0.2) is 0 Å². The van der Waals surface area contributed by atoms with Crippen LogP contribution in [0.1, 0.15) is 37.8 Å². The van der Waals surface area contributed by atoms with Crippen molar-refractivity contribution in [3.63, 3.8) is 0 Å². The Balaban J connectivity index is 2.12. The Bertz CT molecular complexity index is 569. The molecule has 0 aromatic heterocycles. The summed E-state index contributed by atoms with van der Waals surface area (Å²) in [5.74, 6) is 0.0470. The first-order valence-corrected chi connectivity index (χ1v) is 7.43. The molecule has 5 nitrogen and oxygen atoms in total. The maximum Gasteiger partial charge on any atom is 0.410 e. The molecule has 1 aromatic rings. The SMILES string of the molecule is CC(C)(C)OC(=O)N1C[C@@H](CO)[C@H](c2ccc(C#N)cc2)C1. The zero-order valence-corrected chi connectivity index (χ0v) is 13.2. The summed E-state index contributed by atoms with van der Waals surface area (Å²) in [5, 5.41) is 18.5. The standard InChI is InChI=1S/C17H22N2O3/c1-17(2,3)22-16(21)19-9-14(11-20)15(10-19)13-6-4-12(8-18)5-7-13/h4-7,14-15,20H,9-11H2,1-3H3/t14-,15-/m0/s1. The van der Waals surface area contributed by atoms with Crippen molar-refractivity contribution in [2.24, 2.45) is 5.92 Å². The number of nitriles is 1. The van der Waals surface area contributed by atoms with Crippen LogP contribution in [0.2, 0.25) is 0 Å². The van der Waals surface area contributed by atoms with Crippen LogP contribution < -0.4 is 0 Å². The van der Waals surface area contributed by atoms with Gasteiger partial charge in [-0.3, -0.25) is 0 Å². The van der Waals surface area contributed by atoms with Gasteiger partial charge in [0.25, 0.3) is 0 Å². The third-order valence-corrected chi connectivity index (χ3v) is 3.80. The van der Waals surface area contributed by atoms with E-state index in [-0.39, 0.29) is 24.5 Å². The number of hydrogen-bond donors (Lipinski definition) is 1. The summed E-state index contributed by atoms with van der Waals surface area (Å²) in [4.78, 5) is 13.8. The number of carbonyl (C=O) groups is 1. The fourth-order valence-corrected chi connectivity index (χ4v) is 2.71. The molecule has 1 aliphatic heterocycles. The molecule has 0 radical (unpaired) electrons. The molecular formula is C17H22N2O3. The van der Waals surface area contributed by atoms with Gasteiger partial charge in [0, 0.05) is 31.5 Å². The van der Waals surface area contributed by atoms with Gasteiger partial charge in [0.2, 0.25) is 0 Å². The molecule has 0 bridgehead atoms. The molecule has 2 rings (SSSR count). The zero-order chi connectivity index (χ0) is 16.3. The van der Waals surface area contributed by atoms with Crippen molar-refractivity contribution in [1.29, 1.82) is 5.26 Å². The highest BCUT2D eigenvalue weighted by molar-refractivity contribution is 5.68. The number of aliphatic hydroxyl groups is 1. The summed E-state index contributed by atoms with van der Waals surface area (Å²) in [6, 6.07) is 9.40. The van der Waals surface area contributed by atoms with Crippen LogP contribution in [-0.2, 0) is 4.74 Å². The molecular weight excluding hydrogens is 280 g/mol. The highest BCUT2D eigenvalue weighted by Gasteiger charge is 2.37. The smallest absolute Gasteiger partial charge is 0.410 e. The van der Waals surface area contributed by atoms with E-state index in [4.69, 9.17) is 10.00 Å². The Labute approximate surface area is 131 Å². The second-order valence-electron chi connectivity index (χ2n) is 6.67. The van der Waals surface area contributed by atoms with E-state index < -0.39 is 5.60 Å². The maximum absolute atomic E-state index is 12.2. The highest BCUT2D eigenvalue weighted by atomic mass is 16.6. The molecule has 1 saturated heterocycles. The fourth-order valence-electron chi connectivity index (χ4n) is 2.71. The Hall–Kier alpha value is -2.06. The average molecular weight is 302 g/mol. The van der Waals surface area contributed by atoms with E-state index in [9.17, 15) is 9.90 Å². The lowest BCUT2D eigenvalue weighted by Gasteiger charge is -2.24. The van der Waals surface area contributed by atoms with Crippen molar-refractivity contribution in [2.45, 2.75) is 32.3 Å². The van der Waals surface area contributed by atoms with Gasteiger partial charge < -0.3 is 14.7 Å². The van der Waals surface area contributed by atoms with Crippen LogP contribution in [0.5, 0.6) is 0 Å². The van der Waals surface area contributed by atoms with E-state index in [0.29, 0.717) is 18.7 Å². The number of nitrogens with zero attached hydrogens (tertiary/aromatic N) is 2. The first-order valence-electron chi connectivity index (χ1n) is 7.43. The molecule has 0 saturated carbocycles. The molecule has 22 heavy (non-hydrogen) atoms. The van der Waals surface area contributed by atoms with Crippen LogP contribution in [-0.4, -0.2) is 41.4 Å². The second-order valence-corrected chi connectivity index (χ2v) is 6.67. The Morgan fingerprint density at radius 2 is 2.00 bits per heavy atom. The summed E-state index contributed by atoms with van der Waals surface area (Å²) in [6.45, 7) is 6.53. The van der Waals surface area contributed by atoms with Crippen molar-refractivity contribution in [1.82, 2.24) is 4.90 Å². The van der Waals surface area contributed by atoms with Crippen LogP contribution in [0.3, 0.4) is 0 Å². The van der Waals surface area contributed by atoms with E-state index in [2.05, 4.69) is 6.07 Å². The van der Waals surface area contributed by atoms with Gasteiger partial charge in [0.1, 0.15) is 5.60 Å². The summed E-state index contributed by atoms with van der Waals surface area (Å²) >= 11 is 0.